The van der Waals surface area contributed by atoms with Crippen LogP contribution in [0.2, 0.25) is 0 Å². The Labute approximate surface area is 136 Å². The first kappa shape index (κ1) is 17.4. The van der Waals surface area contributed by atoms with Crippen LogP contribution in [-0.2, 0) is 11.0 Å². The molecular weight excluding hydrogens is 327 g/mol. The fraction of sp³-hybridized carbons (Fsp3) is 0.333. The first-order valence-electron chi connectivity index (χ1n) is 6.87. The van der Waals surface area contributed by atoms with Gasteiger partial charge in [0.2, 0.25) is 5.91 Å². The van der Waals surface area contributed by atoms with E-state index in [9.17, 15) is 18.0 Å². The molecule has 124 valence electrons. The van der Waals surface area contributed by atoms with Crippen LogP contribution in [0.5, 0.6) is 0 Å². The quantitative estimate of drug-likeness (QED) is 0.867. The van der Waals surface area contributed by atoms with E-state index in [1.165, 1.54) is 0 Å². The molecule has 8 heteroatoms. The van der Waals surface area contributed by atoms with E-state index < -0.39 is 17.8 Å². The Hall–Kier alpha value is -1.96. The minimum absolute atomic E-state index is 0.101. The number of nitrogens with one attached hydrogen (secondary N) is 1. The van der Waals surface area contributed by atoms with E-state index in [4.69, 9.17) is 0 Å². The van der Waals surface area contributed by atoms with Crippen molar-refractivity contribution in [3.8, 4) is 0 Å². The molecule has 0 aliphatic heterocycles. The van der Waals surface area contributed by atoms with E-state index in [0.717, 1.165) is 17.9 Å². The van der Waals surface area contributed by atoms with Crippen molar-refractivity contribution in [2.24, 2.45) is 0 Å². The fourth-order valence-corrected chi connectivity index (χ4v) is 2.50. The predicted molar refractivity (Wildman–Crippen MR) is 84.3 cm³/mol. The molecule has 0 aromatic carbocycles. The first-order chi connectivity index (χ1) is 10.9. The molecule has 2 aromatic heterocycles. The van der Waals surface area contributed by atoms with Crippen molar-refractivity contribution in [3.05, 3.63) is 48.4 Å². The summed E-state index contributed by atoms with van der Waals surface area (Å²) in [6.07, 6.45) is 2.39. The molecule has 4 nitrogen and oxygen atoms in total. The van der Waals surface area contributed by atoms with Crippen LogP contribution in [0.25, 0.3) is 0 Å². The molecule has 1 N–H and O–H groups in total. The lowest BCUT2D eigenvalue weighted by molar-refractivity contribution is -0.137. The van der Waals surface area contributed by atoms with Gasteiger partial charge in [-0.2, -0.15) is 24.9 Å². The Kier molecular flexibility index (Phi) is 5.70. The van der Waals surface area contributed by atoms with Crippen LogP contribution in [0.15, 0.2) is 42.9 Å². The number of hydrogen-bond donors (Lipinski definition) is 1. The van der Waals surface area contributed by atoms with Crippen molar-refractivity contribution >= 4 is 23.5 Å². The lowest BCUT2D eigenvalue weighted by Crippen LogP contribution is -2.26. The summed E-state index contributed by atoms with van der Waals surface area (Å²) in [5.41, 5.74) is -0.847. The molecule has 0 unspecified atom stereocenters. The summed E-state index contributed by atoms with van der Waals surface area (Å²) in [5.74, 6) is 0.586. The van der Waals surface area contributed by atoms with E-state index in [0.29, 0.717) is 12.6 Å². The van der Waals surface area contributed by atoms with Crippen LogP contribution in [-0.4, -0.2) is 27.5 Å². The van der Waals surface area contributed by atoms with Crippen LogP contribution >= 0.6 is 11.8 Å². The van der Waals surface area contributed by atoms with Gasteiger partial charge in [-0.25, -0.2) is 4.98 Å². The van der Waals surface area contributed by atoms with Crippen LogP contribution in [0.4, 0.5) is 19.0 Å². The molecular formula is C15H16F3N3OS. The SMILES string of the molecule is CSCC[C@@H](C(=O)Nc1ccc(C(F)(F)F)cn1)n1cccc1. The number of halogens is 3. The van der Waals surface area contributed by atoms with Gasteiger partial charge in [-0.3, -0.25) is 4.79 Å². The van der Waals surface area contributed by atoms with Gasteiger partial charge in [0, 0.05) is 18.6 Å². The summed E-state index contributed by atoms with van der Waals surface area (Å²) in [5, 5.41) is 2.57. The molecule has 1 atom stereocenters. The van der Waals surface area contributed by atoms with Gasteiger partial charge >= 0.3 is 6.18 Å². The summed E-state index contributed by atoms with van der Waals surface area (Å²) in [6, 6.07) is 5.25. The molecule has 0 saturated carbocycles. The Morgan fingerprint density at radius 1 is 1.35 bits per heavy atom. The highest BCUT2D eigenvalue weighted by Gasteiger charge is 2.30. The summed E-state index contributed by atoms with van der Waals surface area (Å²) in [6.45, 7) is 0. The van der Waals surface area contributed by atoms with Crippen molar-refractivity contribution in [3.63, 3.8) is 0 Å². The second-order valence-corrected chi connectivity index (χ2v) is 5.83. The van der Waals surface area contributed by atoms with Crippen molar-refractivity contribution < 1.29 is 18.0 Å². The maximum absolute atomic E-state index is 12.5. The molecule has 0 saturated heterocycles. The number of amides is 1. The Morgan fingerprint density at radius 2 is 2.04 bits per heavy atom. The van der Waals surface area contributed by atoms with Gasteiger partial charge in [-0.05, 0) is 42.7 Å². The average Bonchev–Trinajstić information content (AvgIpc) is 3.01. The lowest BCUT2D eigenvalue weighted by atomic mass is 10.2. The van der Waals surface area contributed by atoms with E-state index in [1.807, 2.05) is 18.4 Å². The van der Waals surface area contributed by atoms with Gasteiger partial charge in [-0.1, -0.05) is 0 Å². The molecule has 0 fully saturated rings. The number of anilines is 1. The number of nitrogens with zero attached hydrogens (tertiary/aromatic N) is 2. The zero-order valence-electron chi connectivity index (χ0n) is 12.4. The molecule has 0 aliphatic rings. The van der Waals surface area contributed by atoms with Crippen molar-refractivity contribution in [2.75, 3.05) is 17.3 Å². The summed E-state index contributed by atoms with van der Waals surface area (Å²) in [4.78, 5) is 16.1. The number of alkyl halides is 3. The second-order valence-electron chi connectivity index (χ2n) is 4.85. The topological polar surface area (TPSA) is 46.9 Å². The molecule has 0 radical (unpaired) electrons. The third kappa shape index (κ3) is 4.75. The van der Waals surface area contributed by atoms with Crippen LogP contribution in [0, 0.1) is 0 Å². The number of rotatable bonds is 6. The maximum atomic E-state index is 12.5. The molecule has 1 amide bonds. The van der Waals surface area contributed by atoms with Crippen LogP contribution in [0.1, 0.15) is 18.0 Å². The van der Waals surface area contributed by atoms with Gasteiger partial charge < -0.3 is 9.88 Å². The van der Waals surface area contributed by atoms with Crippen molar-refractivity contribution in [1.82, 2.24) is 9.55 Å². The molecule has 2 rings (SSSR count). The minimum atomic E-state index is -4.44. The van der Waals surface area contributed by atoms with Crippen LogP contribution < -0.4 is 5.32 Å². The van der Waals surface area contributed by atoms with Gasteiger partial charge in [0.1, 0.15) is 11.9 Å². The first-order valence-corrected chi connectivity index (χ1v) is 8.26. The zero-order valence-corrected chi connectivity index (χ0v) is 13.2. The fourth-order valence-electron chi connectivity index (χ4n) is 2.05. The normalized spacial score (nSPS) is 12.9. The highest BCUT2D eigenvalue weighted by atomic mass is 32.2. The Morgan fingerprint density at radius 3 is 2.57 bits per heavy atom. The predicted octanol–water partition coefficient (Wildman–Crippen LogP) is 3.83. The largest absolute Gasteiger partial charge is 0.417 e. The van der Waals surface area contributed by atoms with E-state index in [1.54, 1.807) is 28.7 Å². The number of carbonyl (C=O) groups excluding carboxylic acids is 1. The molecule has 0 bridgehead atoms. The van der Waals surface area contributed by atoms with E-state index in [-0.39, 0.29) is 11.7 Å². The Bertz CT molecular complexity index is 626. The van der Waals surface area contributed by atoms with Gasteiger partial charge in [0.25, 0.3) is 0 Å². The van der Waals surface area contributed by atoms with Crippen LogP contribution in [0.3, 0.4) is 0 Å². The molecule has 23 heavy (non-hydrogen) atoms. The van der Waals surface area contributed by atoms with Crippen molar-refractivity contribution in [2.45, 2.75) is 18.6 Å². The highest BCUT2D eigenvalue weighted by Crippen LogP contribution is 2.29. The average molecular weight is 343 g/mol. The molecule has 2 heterocycles. The molecule has 0 aliphatic carbocycles. The maximum Gasteiger partial charge on any atom is 0.417 e. The smallest absolute Gasteiger partial charge is 0.342 e. The minimum Gasteiger partial charge on any atom is -0.342 e. The number of pyridine rings is 1. The third-order valence-corrected chi connectivity index (χ3v) is 3.87. The van der Waals surface area contributed by atoms with E-state index in [2.05, 4.69) is 10.3 Å². The lowest BCUT2D eigenvalue weighted by Gasteiger charge is -2.18. The molecule has 0 spiro atoms. The number of aromatic nitrogens is 2. The number of thioether (sulfide) groups is 1. The van der Waals surface area contributed by atoms with Crippen molar-refractivity contribution in [1.29, 1.82) is 0 Å². The zero-order chi connectivity index (χ0) is 16.9. The summed E-state index contributed by atoms with van der Waals surface area (Å²) < 4.78 is 39.3. The van der Waals surface area contributed by atoms with Gasteiger partial charge in [0.15, 0.2) is 0 Å². The second kappa shape index (κ2) is 7.54. The van der Waals surface area contributed by atoms with E-state index >= 15 is 0 Å². The van der Waals surface area contributed by atoms with Gasteiger partial charge in [-0.15, -0.1) is 0 Å². The standard InChI is InChI=1S/C15H16F3N3OS/c1-23-9-6-12(21-7-2-3-8-21)14(22)20-13-5-4-11(10-19-13)15(16,17)18/h2-5,7-8,10,12H,6,9H2,1H3,(H,19,20,22)/t12-/m0/s1. The number of carbonyl (C=O) groups is 1. The highest BCUT2D eigenvalue weighted by molar-refractivity contribution is 7.98. The third-order valence-electron chi connectivity index (χ3n) is 3.23. The monoisotopic (exact) mass is 343 g/mol. The summed E-state index contributed by atoms with van der Waals surface area (Å²) in [7, 11) is 0. The number of hydrogen-bond acceptors (Lipinski definition) is 3. The molecule has 2 aromatic rings. The van der Waals surface area contributed by atoms with Gasteiger partial charge in [0.05, 0.1) is 5.56 Å². The summed E-state index contributed by atoms with van der Waals surface area (Å²) >= 11 is 1.62. The Balaban J connectivity index is 2.09.